The zero-order valence-corrected chi connectivity index (χ0v) is 7.37. The van der Waals surface area contributed by atoms with Crippen LogP contribution in [0, 0.1) is 0 Å². The Labute approximate surface area is 78.3 Å². The van der Waals surface area contributed by atoms with Crippen molar-refractivity contribution in [3.05, 3.63) is 28.7 Å². The van der Waals surface area contributed by atoms with Crippen molar-refractivity contribution in [2.24, 2.45) is 0 Å². The smallest absolute Gasteiger partial charge is 0.417 e. The Bertz CT molecular complexity index is 537. The Morgan fingerprint density at radius 2 is 2.29 bits per heavy atom. The van der Waals surface area contributed by atoms with Gasteiger partial charge >= 0.3 is 11.7 Å². The molecule has 0 saturated heterocycles. The van der Waals surface area contributed by atoms with Crippen LogP contribution in [0.2, 0.25) is 0 Å². The maximum absolute atomic E-state index is 10.8. The van der Waals surface area contributed by atoms with Crippen molar-refractivity contribution in [2.45, 2.75) is 6.92 Å². The van der Waals surface area contributed by atoms with Crippen molar-refractivity contribution in [1.29, 1.82) is 0 Å². The number of oxazole rings is 1. The number of ether oxygens (including phenoxy) is 1. The summed E-state index contributed by atoms with van der Waals surface area (Å²) in [6.45, 7) is 1.31. The molecule has 5 nitrogen and oxygen atoms in total. The average Bonchev–Trinajstić information content (AvgIpc) is 2.42. The predicted octanol–water partition coefficient (Wildman–Crippen LogP) is 1.05. The molecule has 14 heavy (non-hydrogen) atoms. The minimum Gasteiger partial charge on any atom is -0.427 e. The van der Waals surface area contributed by atoms with E-state index in [-0.39, 0.29) is 0 Å². The number of fused-ring (bicyclic) bond motifs is 1. The molecule has 0 aliphatic rings. The van der Waals surface area contributed by atoms with E-state index in [0.717, 1.165) is 0 Å². The zero-order chi connectivity index (χ0) is 10.1. The summed E-state index contributed by atoms with van der Waals surface area (Å²) in [7, 11) is 0. The number of carbonyl (C=O) groups is 1. The van der Waals surface area contributed by atoms with E-state index in [0.29, 0.717) is 16.8 Å². The van der Waals surface area contributed by atoms with Crippen molar-refractivity contribution in [3.8, 4) is 5.75 Å². The number of rotatable bonds is 1. The number of hydrogen-bond acceptors (Lipinski definition) is 4. The summed E-state index contributed by atoms with van der Waals surface area (Å²) >= 11 is 0. The van der Waals surface area contributed by atoms with Crippen LogP contribution < -0.4 is 10.5 Å². The van der Waals surface area contributed by atoms with Crippen molar-refractivity contribution in [3.63, 3.8) is 0 Å². The lowest BCUT2D eigenvalue weighted by Gasteiger charge is -1.98. The minimum absolute atomic E-state index is 0.377. The van der Waals surface area contributed by atoms with Gasteiger partial charge in [-0.05, 0) is 12.1 Å². The van der Waals surface area contributed by atoms with Crippen molar-refractivity contribution < 1.29 is 13.9 Å². The molecule has 1 heterocycles. The summed E-state index contributed by atoms with van der Waals surface area (Å²) in [5, 5.41) is 0. The van der Waals surface area contributed by atoms with Crippen LogP contribution in [0.15, 0.2) is 27.4 Å². The van der Waals surface area contributed by atoms with E-state index in [1.165, 1.54) is 13.0 Å². The highest BCUT2D eigenvalue weighted by Crippen LogP contribution is 2.17. The summed E-state index contributed by atoms with van der Waals surface area (Å²) in [5.74, 6) is -0.558. The molecule has 0 aliphatic heterocycles. The molecule has 0 bridgehead atoms. The van der Waals surface area contributed by atoms with Gasteiger partial charge in [0.05, 0.1) is 5.52 Å². The lowest BCUT2D eigenvalue weighted by Crippen LogP contribution is -2.00. The first-order valence-corrected chi connectivity index (χ1v) is 3.96. The van der Waals surface area contributed by atoms with Gasteiger partial charge in [0.1, 0.15) is 5.75 Å². The second kappa shape index (κ2) is 3.02. The summed E-state index contributed by atoms with van der Waals surface area (Å²) in [5.41, 5.74) is 0.944. The van der Waals surface area contributed by atoms with Gasteiger partial charge < -0.3 is 9.15 Å². The number of nitrogens with one attached hydrogen (secondary N) is 1. The molecule has 1 aromatic carbocycles. The van der Waals surface area contributed by atoms with Crippen LogP contribution in [0.4, 0.5) is 0 Å². The Kier molecular flexibility index (Phi) is 1.85. The fourth-order valence-electron chi connectivity index (χ4n) is 1.16. The number of aromatic nitrogens is 1. The molecule has 0 saturated carbocycles. The van der Waals surface area contributed by atoms with E-state index in [4.69, 9.17) is 9.15 Å². The first-order valence-electron chi connectivity index (χ1n) is 3.96. The predicted molar refractivity (Wildman–Crippen MR) is 48.1 cm³/mol. The van der Waals surface area contributed by atoms with Crippen LogP contribution in [-0.2, 0) is 4.79 Å². The standard InChI is InChI=1S/C9H7NO4/c1-5(11)13-6-2-3-8-7(4-6)10-9(12)14-8/h2-4H,1H3,(H,10,12). The average molecular weight is 193 g/mol. The second-order valence-electron chi connectivity index (χ2n) is 2.77. The van der Waals surface area contributed by atoms with Gasteiger partial charge in [-0.1, -0.05) is 0 Å². The minimum atomic E-state index is -0.528. The summed E-state index contributed by atoms with van der Waals surface area (Å²) in [6.07, 6.45) is 0. The fraction of sp³-hybridized carbons (Fsp3) is 0.111. The molecular weight excluding hydrogens is 186 g/mol. The second-order valence-corrected chi connectivity index (χ2v) is 2.77. The molecule has 0 fully saturated rings. The van der Waals surface area contributed by atoms with Gasteiger partial charge in [0.2, 0.25) is 0 Å². The van der Waals surface area contributed by atoms with Crippen molar-refractivity contribution in [2.75, 3.05) is 0 Å². The van der Waals surface area contributed by atoms with Gasteiger partial charge in [0, 0.05) is 13.0 Å². The third-order valence-electron chi connectivity index (χ3n) is 1.65. The highest BCUT2D eigenvalue weighted by atomic mass is 16.5. The van der Waals surface area contributed by atoms with Gasteiger partial charge in [-0.25, -0.2) is 4.79 Å². The number of benzene rings is 1. The third-order valence-corrected chi connectivity index (χ3v) is 1.65. The van der Waals surface area contributed by atoms with Crippen LogP contribution >= 0.6 is 0 Å². The largest absolute Gasteiger partial charge is 0.427 e. The van der Waals surface area contributed by atoms with E-state index < -0.39 is 11.7 Å². The van der Waals surface area contributed by atoms with Gasteiger partial charge in [0.25, 0.3) is 0 Å². The quantitative estimate of drug-likeness (QED) is 0.542. The maximum Gasteiger partial charge on any atom is 0.417 e. The van der Waals surface area contributed by atoms with Crippen LogP contribution in [0.3, 0.4) is 0 Å². The van der Waals surface area contributed by atoms with Crippen LogP contribution in [-0.4, -0.2) is 11.0 Å². The molecule has 0 unspecified atom stereocenters. The first-order chi connectivity index (χ1) is 6.65. The van der Waals surface area contributed by atoms with Crippen LogP contribution in [0.5, 0.6) is 5.75 Å². The Hall–Kier alpha value is -2.04. The van der Waals surface area contributed by atoms with Gasteiger partial charge in [0.15, 0.2) is 5.58 Å². The number of H-pyrrole nitrogens is 1. The topological polar surface area (TPSA) is 72.3 Å². The number of esters is 1. The summed E-state index contributed by atoms with van der Waals surface area (Å²) in [4.78, 5) is 23.9. The van der Waals surface area contributed by atoms with Gasteiger partial charge in [-0.2, -0.15) is 0 Å². The van der Waals surface area contributed by atoms with E-state index in [9.17, 15) is 9.59 Å². The molecule has 5 heteroatoms. The third kappa shape index (κ3) is 1.52. The normalized spacial score (nSPS) is 10.4. The summed E-state index contributed by atoms with van der Waals surface area (Å²) in [6, 6.07) is 4.65. The van der Waals surface area contributed by atoms with Crippen LogP contribution in [0.1, 0.15) is 6.92 Å². The van der Waals surface area contributed by atoms with E-state index >= 15 is 0 Å². The number of aromatic amines is 1. The van der Waals surface area contributed by atoms with E-state index in [1.807, 2.05) is 0 Å². The fourth-order valence-corrected chi connectivity index (χ4v) is 1.16. The number of hydrogen-bond donors (Lipinski definition) is 1. The molecule has 0 aliphatic carbocycles. The van der Waals surface area contributed by atoms with Gasteiger partial charge in [-0.15, -0.1) is 0 Å². The molecule has 0 spiro atoms. The lowest BCUT2D eigenvalue weighted by atomic mass is 10.3. The summed E-state index contributed by atoms with van der Waals surface area (Å²) < 4.78 is 9.61. The number of carbonyl (C=O) groups excluding carboxylic acids is 1. The Morgan fingerprint density at radius 3 is 3.00 bits per heavy atom. The molecule has 1 N–H and O–H groups in total. The molecule has 0 atom stereocenters. The highest BCUT2D eigenvalue weighted by Gasteiger charge is 2.03. The molecule has 0 amide bonds. The monoisotopic (exact) mass is 193 g/mol. The van der Waals surface area contributed by atoms with Crippen LogP contribution in [0.25, 0.3) is 11.1 Å². The van der Waals surface area contributed by atoms with Crippen molar-refractivity contribution >= 4 is 17.1 Å². The SMILES string of the molecule is CC(=O)Oc1ccc2oc(=O)[nH]c2c1. The van der Waals surface area contributed by atoms with Crippen molar-refractivity contribution in [1.82, 2.24) is 4.98 Å². The molecular formula is C9H7NO4. The lowest BCUT2D eigenvalue weighted by molar-refractivity contribution is -0.131. The zero-order valence-electron chi connectivity index (χ0n) is 7.37. The van der Waals surface area contributed by atoms with Gasteiger partial charge in [-0.3, -0.25) is 9.78 Å². The maximum atomic E-state index is 10.8. The van der Waals surface area contributed by atoms with E-state index in [2.05, 4.69) is 4.98 Å². The molecule has 2 rings (SSSR count). The van der Waals surface area contributed by atoms with E-state index in [1.54, 1.807) is 12.1 Å². The molecule has 1 aromatic heterocycles. The highest BCUT2D eigenvalue weighted by molar-refractivity contribution is 5.76. The molecule has 0 radical (unpaired) electrons. The Morgan fingerprint density at radius 1 is 1.50 bits per heavy atom. The molecule has 2 aromatic rings. The molecule has 72 valence electrons. The first kappa shape index (κ1) is 8.55. The Balaban J connectivity index is 2.50.